The van der Waals surface area contributed by atoms with Crippen LogP contribution in [-0.4, -0.2) is 11.2 Å². The van der Waals surface area contributed by atoms with Gasteiger partial charge in [-0.2, -0.15) is 0 Å². The number of rotatable bonds is 0. The Bertz CT molecular complexity index is 277. The molecule has 0 spiro atoms. The lowest BCUT2D eigenvalue weighted by atomic mass is 9.84. The number of hydrogen-bond acceptors (Lipinski definition) is 1. The summed E-state index contributed by atoms with van der Waals surface area (Å²) in [6.45, 7) is 2.06. The number of hydrogen-bond donors (Lipinski definition) is 1. The largest absolute Gasteiger partial charge is 0.388 e. The van der Waals surface area contributed by atoms with Crippen LogP contribution in [0, 0.1) is 23.7 Å². The Labute approximate surface area is 72.8 Å². The molecule has 12 heavy (non-hydrogen) atoms. The molecule has 1 heteroatoms. The van der Waals surface area contributed by atoms with Crippen LogP contribution in [0.1, 0.15) is 13.3 Å². The first kappa shape index (κ1) is 6.90. The highest BCUT2D eigenvalue weighted by Gasteiger charge is 2.49. The van der Waals surface area contributed by atoms with E-state index in [2.05, 4.69) is 25.2 Å². The minimum atomic E-state index is -0.144. The van der Waals surface area contributed by atoms with Gasteiger partial charge in [0.05, 0.1) is 6.10 Å². The maximum Gasteiger partial charge on any atom is 0.0787 e. The third-order valence-electron chi connectivity index (χ3n) is 3.87. The maximum atomic E-state index is 9.89. The number of aliphatic hydroxyl groups excluding tert-OH is 1. The molecule has 0 aliphatic heterocycles. The van der Waals surface area contributed by atoms with E-state index in [0.29, 0.717) is 17.8 Å². The van der Waals surface area contributed by atoms with Crippen LogP contribution in [0.5, 0.6) is 0 Å². The molecule has 2 bridgehead atoms. The average molecular weight is 162 g/mol. The Kier molecular flexibility index (Phi) is 1.16. The standard InChI is InChI=1S/C11H14O/c1-6-4-9-7-2-3-8(5-7)10(9)11(6)12/h2-4,7-12H,5H2,1H3/t7-,8+,9+,10-,11-/m1/s1. The molecule has 1 N–H and O–H groups in total. The van der Waals surface area contributed by atoms with Crippen LogP contribution in [0.4, 0.5) is 0 Å². The van der Waals surface area contributed by atoms with Gasteiger partial charge in [0.25, 0.3) is 0 Å². The van der Waals surface area contributed by atoms with Gasteiger partial charge in [0.1, 0.15) is 0 Å². The number of fused-ring (bicyclic) bond motifs is 5. The van der Waals surface area contributed by atoms with E-state index in [1.807, 2.05) is 0 Å². The summed E-state index contributed by atoms with van der Waals surface area (Å²) in [4.78, 5) is 0. The maximum absolute atomic E-state index is 9.89. The van der Waals surface area contributed by atoms with Crippen molar-refractivity contribution in [3.8, 4) is 0 Å². The summed E-state index contributed by atoms with van der Waals surface area (Å²) in [6, 6.07) is 0. The quantitative estimate of drug-likeness (QED) is 0.538. The molecule has 0 aromatic carbocycles. The van der Waals surface area contributed by atoms with E-state index in [0.717, 1.165) is 5.92 Å². The van der Waals surface area contributed by atoms with Crippen LogP contribution < -0.4 is 0 Å². The molecular weight excluding hydrogens is 148 g/mol. The molecule has 0 radical (unpaired) electrons. The molecule has 0 aromatic rings. The molecule has 64 valence electrons. The molecule has 0 aromatic heterocycles. The zero-order chi connectivity index (χ0) is 8.29. The van der Waals surface area contributed by atoms with E-state index >= 15 is 0 Å². The molecule has 0 heterocycles. The summed E-state index contributed by atoms with van der Waals surface area (Å²) in [6.07, 6.45) is 8.09. The van der Waals surface area contributed by atoms with Crippen molar-refractivity contribution in [2.45, 2.75) is 19.4 Å². The van der Waals surface area contributed by atoms with Gasteiger partial charge in [-0.1, -0.05) is 18.2 Å². The summed E-state index contributed by atoms with van der Waals surface area (Å²) < 4.78 is 0. The fraction of sp³-hybridized carbons (Fsp3) is 0.636. The minimum Gasteiger partial charge on any atom is -0.388 e. The van der Waals surface area contributed by atoms with Crippen molar-refractivity contribution in [1.29, 1.82) is 0 Å². The fourth-order valence-corrected chi connectivity index (χ4v) is 3.28. The Morgan fingerprint density at radius 3 is 2.83 bits per heavy atom. The Balaban J connectivity index is 2.01. The van der Waals surface area contributed by atoms with Crippen molar-refractivity contribution in [1.82, 2.24) is 0 Å². The first-order valence-corrected chi connectivity index (χ1v) is 4.82. The molecule has 3 aliphatic rings. The van der Waals surface area contributed by atoms with Crippen LogP contribution >= 0.6 is 0 Å². The van der Waals surface area contributed by atoms with Crippen molar-refractivity contribution >= 4 is 0 Å². The molecule has 1 nitrogen and oxygen atoms in total. The molecule has 5 atom stereocenters. The van der Waals surface area contributed by atoms with E-state index in [1.165, 1.54) is 12.0 Å². The first-order valence-electron chi connectivity index (χ1n) is 4.82. The van der Waals surface area contributed by atoms with E-state index in [4.69, 9.17) is 0 Å². The highest BCUT2D eigenvalue weighted by molar-refractivity contribution is 5.29. The van der Waals surface area contributed by atoms with Gasteiger partial charge in [-0.3, -0.25) is 0 Å². The molecule has 0 amide bonds. The molecule has 0 saturated heterocycles. The second kappa shape index (κ2) is 2.02. The average Bonchev–Trinajstić information content (AvgIpc) is 2.66. The molecule has 1 saturated carbocycles. The second-order valence-electron chi connectivity index (χ2n) is 4.46. The van der Waals surface area contributed by atoms with Crippen LogP contribution in [-0.2, 0) is 0 Å². The van der Waals surface area contributed by atoms with Gasteiger partial charge in [-0.05, 0) is 36.7 Å². The Morgan fingerprint density at radius 2 is 2.08 bits per heavy atom. The summed E-state index contributed by atoms with van der Waals surface area (Å²) in [7, 11) is 0. The molecule has 1 fully saturated rings. The van der Waals surface area contributed by atoms with Gasteiger partial charge in [0, 0.05) is 5.92 Å². The summed E-state index contributed by atoms with van der Waals surface area (Å²) in [5, 5.41) is 9.89. The Morgan fingerprint density at radius 1 is 1.33 bits per heavy atom. The van der Waals surface area contributed by atoms with E-state index < -0.39 is 0 Å². The van der Waals surface area contributed by atoms with Gasteiger partial charge >= 0.3 is 0 Å². The number of allylic oxidation sites excluding steroid dienone is 3. The van der Waals surface area contributed by atoms with Gasteiger partial charge in [0.2, 0.25) is 0 Å². The highest BCUT2D eigenvalue weighted by Crippen LogP contribution is 2.54. The summed E-state index contributed by atoms with van der Waals surface area (Å²) in [5.41, 5.74) is 1.20. The minimum absolute atomic E-state index is 0.144. The number of aliphatic hydroxyl groups is 1. The van der Waals surface area contributed by atoms with E-state index in [9.17, 15) is 5.11 Å². The SMILES string of the molecule is CC1=C[C@@H]2[C@H]([C@@H]1O)[C@H]1C=C[C@@H]2C1. The van der Waals surface area contributed by atoms with E-state index in [-0.39, 0.29) is 6.10 Å². The first-order chi connectivity index (χ1) is 5.77. The van der Waals surface area contributed by atoms with Crippen LogP contribution in [0.15, 0.2) is 23.8 Å². The highest BCUT2D eigenvalue weighted by atomic mass is 16.3. The van der Waals surface area contributed by atoms with Crippen molar-refractivity contribution < 1.29 is 5.11 Å². The van der Waals surface area contributed by atoms with Crippen molar-refractivity contribution in [3.05, 3.63) is 23.8 Å². The van der Waals surface area contributed by atoms with Gasteiger partial charge < -0.3 is 5.11 Å². The predicted molar refractivity (Wildman–Crippen MR) is 47.5 cm³/mol. The summed E-state index contributed by atoms with van der Waals surface area (Å²) in [5.74, 6) is 2.60. The van der Waals surface area contributed by atoms with Crippen molar-refractivity contribution in [2.24, 2.45) is 23.7 Å². The van der Waals surface area contributed by atoms with Gasteiger partial charge in [-0.25, -0.2) is 0 Å². The fourth-order valence-electron chi connectivity index (χ4n) is 3.28. The predicted octanol–water partition coefficient (Wildman–Crippen LogP) is 1.75. The lowest BCUT2D eigenvalue weighted by molar-refractivity contribution is 0.124. The monoisotopic (exact) mass is 162 g/mol. The lowest BCUT2D eigenvalue weighted by Gasteiger charge is -2.23. The lowest BCUT2D eigenvalue weighted by Crippen LogP contribution is -2.25. The molecule has 3 aliphatic carbocycles. The van der Waals surface area contributed by atoms with Crippen LogP contribution in [0.3, 0.4) is 0 Å². The third-order valence-corrected chi connectivity index (χ3v) is 3.87. The zero-order valence-electron chi connectivity index (χ0n) is 7.27. The molecule has 3 rings (SSSR count). The Hall–Kier alpha value is -0.560. The second-order valence-corrected chi connectivity index (χ2v) is 4.46. The molecule has 0 unspecified atom stereocenters. The summed E-state index contributed by atoms with van der Waals surface area (Å²) >= 11 is 0. The topological polar surface area (TPSA) is 20.2 Å². The third kappa shape index (κ3) is 0.639. The van der Waals surface area contributed by atoms with Crippen molar-refractivity contribution in [3.63, 3.8) is 0 Å². The van der Waals surface area contributed by atoms with Crippen molar-refractivity contribution in [2.75, 3.05) is 0 Å². The normalized spacial score (nSPS) is 54.5. The zero-order valence-corrected chi connectivity index (χ0v) is 7.27. The molecular formula is C11H14O. The van der Waals surface area contributed by atoms with Crippen LogP contribution in [0.2, 0.25) is 0 Å². The van der Waals surface area contributed by atoms with Gasteiger partial charge in [-0.15, -0.1) is 0 Å². The van der Waals surface area contributed by atoms with Crippen LogP contribution in [0.25, 0.3) is 0 Å². The van der Waals surface area contributed by atoms with Gasteiger partial charge in [0.15, 0.2) is 0 Å². The smallest absolute Gasteiger partial charge is 0.0787 e. The van der Waals surface area contributed by atoms with E-state index in [1.54, 1.807) is 0 Å².